The summed E-state index contributed by atoms with van der Waals surface area (Å²) >= 11 is 0. The van der Waals surface area contributed by atoms with Crippen LogP contribution in [-0.2, 0) is 0 Å². The van der Waals surface area contributed by atoms with Gasteiger partial charge in [0.1, 0.15) is 5.84 Å². The summed E-state index contributed by atoms with van der Waals surface area (Å²) in [7, 11) is 0. The molecule has 3 aromatic rings. The lowest BCUT2D eigenvalue weighted by atomic mass is 9.87. The first kappa shape index (κ1) is 15.2. The van der Waals surface area contributed by atoms with E-state index in [0.717, 1.165) is 22.2 Å². The van der Waals surface area contributed by atoms with Crippen LogP contribution in [0.15, 0.2) is 59.7 Å². The molecule has 0 aliphatic carbocycles. The molecule has 0 bridgehead atoms. The molecule has 5 rings (SSSR count). The van der Waals surface area contributed by atoms with Crippen LogP contribution in [0.1, 0.15) is 22.3 Å². The molecule has 2 aliphatic rings. The Morgan fingerprint density at radius 2 is 2.04 bits per heavy atom. The molecule has 0 radical (unpaired) electrons. The Bertz CT molecular complexity index is 1110. The summed E-state index contributed by atoms with van der Waals surface area (Å²) in [6, 6.07) is 15.4. The highest BCUT2D eigenvalue weighted by Crippen LogP contribution is 2.40. The lowest BCUT2D eigenvalue weighted by Crippen LogP contribution is -2.48. The SMILES string of the molecule is Cc1ccc2c(c1)C(=O)[C@]1(O)CCN(c3ccc4cccnc4c3)C1=N2. The van der Waals surface area contributed by atoms with Gasteiger partial charge in [-0.05, 0) is 37.3 Å². The van der Waals surface area contributed by atoms with Crippen LogP contribution in [0.5, 0.6) is 0 Å². The van der Waals surface area contributed by atoms with Crippen molar-refractivity contribution in [2.24, 2.45) is 4.99 Å². The van der Waals surface area contributed by atoms with Gasteiger partial charge in [-0.3, -0.25) is 9.78 Å². The topological polar surface area (TPSA) is 65.8 Å². The van der Waals surface area contributed by atoms with Crippen molar-refractivity contribution in [1.29, 1.82) is 0 Å². The molecule has 1 fully saturated rings. The first-order valence-corrected chi connectivity index (χ1v) is 8.66. The van der Waals surface area contributed by atoms with Gasteiger partial charge in [0, 0.05) is 35.8 Å². The minimum Gasteiger partial charge on any atom is -0.374 e. The van der Waals surface area contributed by atoms with E-state index in [1.54, 1.807) is 12.3 Å². The van der Waals surface area contributed by atoms with E-state index in [1.807, 2.05) is 54.3 Å². The zero-order valence-electron chi connectivity index (χ0n) is 14.3. The van der Waals surface area contributed by atoms with Crippen LogP contribution in [0.25, 0.3) is 10.9 Å². The van der Waals surface area contributed by atoms with E-state index in [4.69, 9.17) is 0 Å². The molecular weight excluding hydrogens is 326 g/mol. The zero-order chi connectivity index (χ0) is 17.9. The number of carbonyl (C=O) groups is 1. The normalized spacial score (nSPS) is 21.5. The second-order valence-corrected chi connectivity index (χ2v) is 6.93. The summed E-state index contributed by atoms with van der Waals surface area (Å²) in [6.45, 7) is 2.46. The molecule has 0 unspecified atom stereocenters. The number of aromatic nitrogens is 1. The summed E-state index contributed by atoms with van der Waals surface area (Å²) in [6.07, 6.45) is 2.09. The standard InChI is InChI=1S/C21H17N3O2/c1-13-4-7-17-16(11-13)19(25)21(26)8-10-24(20(21)23-17)15-6-5-14-3-2-9-22-18(14)12-15/h2-7,9,11-12,26H,8,10H2,1H3/t21-/m1/s1. The number of anilines is 1. The molecule has 0 saturated carbocycles. The molecule has 0 spiro atoms. The second kappa shape index (κ2) is 5.22. The number of benzene rings is 2. The summed E-state index contributed by atoms with van der Waals surface area (Å²) in [5.74, 6) is 0.150. The number of fused-ring (bicyclic) bond motifs is 3. The molecule has 5 nitrogen and oxygen atoms in total. The molecule has 0 amide bonds. The molecule has 1 N–H and O–H groups in total. The van der Waals surface area contributed by atoms with Crippen LogP contribution in [0.2, 0.25) is 0 Å². The lowest BCUT2D eigenvalue weighted by molar-refractivity contribution is 0.0602. The third-order valence-electron chi connectivity index (χ3n) is 5.22. The quantitative estimate of drug-likeness (QED) is 0.735. The highest BCUT2D eigenvalue weighted by Gasteiger charge is 2.52. The average Bonchev–Trinajstić information content (AvgIpc) is 3.00. The van der Waals surface area contributed by atoms with Gasteiger partial charge in [0.15, 0.2) is 5.60 Å². The van der Waals surface area contributed by atoms with E-state index >= 15 is 0 Å². The Morgan fingerprint density at radius 1 is 1.15 bits per heavy atom. The van der Waals surface area contributed by atoms with Gasteiger partial charge in [0.05, 0.1) is 11.2 Å². The number of hydrogen-bond acceptors (Lipinski definition) is 5. The number of Topliss-reactive ketones (excluding diaryl/α,β-unsaturated/α-hetero) is 1. The van der Waals surface area contributed by atoms with Crippen molar-refractivity contribution < 1.29 is 9.90 Å². The maximum Gasteiger partial charge on any atom is 0.204 e. The fourth-order valence-corrected chi connectivity index (χ4v) is 3.82. The number of rotatable bonds is 1. The van der Waals surface area contributed by atoms with Gasteiger partial charge in [-0.15, -0.1) is 0 Å². The predicted octanol–water partition coefficient (Wildman–Crippen LogP) is 3.41. The van der Waals surface area contributed by atoms with Gasteiger partial charge in [0.25, 0.3) is 0 Å². The maximum absolute atomic E-state index is 13.0. The van der Waals surface area contributed by atoms with E-state index in [9.17, 15) is 9.90 Å². The van der Waals surface area contributed by atoms with Crippen LogP contribution in [0.4, 0.5) is 11.4 Å². The number of nitrogens with zero attached hydrogens (tertiary/aromatic N) is 3. The summed E-state index contributed by atoms with van der Waals surface area (Å²) < 4.78 is 0. The van der Waals surface area contributed by atoms with E-state index in [-0.39, 0.29) is 5.78 Å². The molecule has 1 atom stereocenters. The van der Waals surface area contributed by atoms with Crippen molar-refractivity contribution in [2.75, 3.05) is 11.4 Å². The predicted molar refractivity (Wildman–Crippen MR) is 101 cm³/mol. The van der Waals surface area contributed by atoms with Gasteiger partial charge in [-0.2, -0.15) is 0 Å². The number of carbonyl (C=O) groups excluding carboxylic acids is 1. The number of aliphatic hydroxyl groups is 1. The lowest BCUT2D eigenvalue weighted by Gasteiger charge is -2.29. The van der Waals surface area contributed by atoms with Crippen LogP contribution < -0.4 is 4.90 Å². The summed E-state index contributed by atoms with van der Waals surface area (Å²) in [4.78, 5) is 24.0. The number of aryl methyl sites for hydroxylation is 1. The van der Waals surface area contributed by atoms with E-state index in [1.165, 1.54) is 0 Å². The van der Waals surface area contributed by atoms with Crippen LogP contribution in [0, 0.1) is 6.92 Å². The molecule has 3 heterocycles. The minimum absolute atomic E-state index is 0.261. The number of aliphatic imine (C=N–C) groups is 1. The molecule has 1 saturated heterocycles. The monoisotopic (exact) mass is 343 g/mol. The van der Waals surface area contributed by atoms with Crippen molar-refractivity contribution in [2.45, 2.75) is 18.9 Å². The van der Waals surface area contributed by atoms with Crippen LogP contribution in [0.3, 0.4) is 0 Å². The highest BCUT2D eigenvalue weighted by atomic mass is 16.3. The number of ketones is 1. The number of hydrogen-bond donors (Lipinski definition) is 1. The van der Waals surface area contributed by atoms with Crippen molar-refractivity contribution in [3.8, 4) is 0 Å². The Morgan fingerprint density at radius 3 is 2.92 bits per heavy atom. The van der Waals surface area contributed by atoms with Gasteiger partial charge in [-0.1, -0.05) is 23.8 Å². The van der Waals surface area contributed by atoms with Gasteiger partial charge >= 0.3 is 0 Å². The molecule has 2 aromatic carbocycles. The van der Waals surface area contributed by atoms with Crippen molar-refractivity contribution in [3.05, 3.63) is 65.9 Å². The first-order valence-electron chi connectivity index (χ1n) is 8.66. The molecule has 26 heavy (non-hydrogen) atoms. The average molecular weight is 343 g/mol. The van der Waals surface area contributed by atoms with E-state index in [0.29, 0.717) is 30.1 Å². The van der Waals surface area contributed by atoms with Crippen molar-refractivity contribution >= 4 is 33.9 Å². The first-order chi connectivity index (χ1) is 12.6. The number of amidine groups is 1. The minimum atomic E-state index is -1.56. The van der Waals surface area contributed by atoms with Gasteiger partial charge < -0.3 is 10.0 Å². The largest absolute Gasteiger partial charge is 0.374 e. The summed E-state index contributed by atoms with van der Waals surface area (Å²) in [5, 5.41) is 12.2. The fraction of sp³-hybridized carbons (Fsp3) is 0.190. The third kappa shape index (κ3) is 2.04. The molecular formula is C21H17N3O2. The van der Waals surface area contributed by atoms with Gasteiger partial charge in [-0.25, -0.2) is 4.99 Å². The Kier molecular flexibility index (Phi) is 3.06. The second-order valence-electron chi connectivity index (χ2n) is 6.93. The van der Waals surface area contributed by atoms with Crippen molar-refractivity contribution in [1.82, 2.24) is 4.98 Å². The zero-order valence-corrected chi connectivity index (χ0v) is 14.3. The molecule has 1 aromatic heterocycles. The molecule has 128 valence electrons. The van der Waals surface area contributed by atoms with Crippen LogP contribution >= 0.6 is 0 Å². The van der Waals surface area contributed by atoms with Gasteiger partial charge in [0.2, 0.25) is 5.78 Å². The van der Waals surface area contributed by atoms with E-state index < -0.39 is 5.60 Å². The highest BCUT2D eigenvalue weighted by molar-refractivity contribution is 6.28. The third-order valence-corrected chi connectivity index (χ3v) is 5.22. The van der Waals surface area contributed by atoms with Crippen molar-refractivity contribution in [3.63, 3.8) is 0 Å². The smallest absolute Gasteiger partial charge is 0.204 e. The van der Waals surface area contributed by atoms with E-state index in [2.05, 4.69) is 9.98 Å². The Hall–Kier alpha value is -3.05. The fourth-order valence-electron chi connectivity index (χ4n) is 3.82. The summed E-state index contributed by atoms with van der Waals surface area (Å²) in [5.41, 5.74) is 2.30. The molecule has 5 heteroatoms. The number of pyridine rings is 1. The maximum atomic E-state index is 13.0. The Labute approximate surface area is 150 Å². The molecule has 2 aliphatic heterocycles. The van der Waals surface area contributed by atoms with Crippen LogP contribution in [-0.4, -0.2) is 33.9 Å². The Balaban J connectivity index is 1.66.